The van der Waals surface area contributed by atoms with Gasteiger partial charge in [-0.15, -0.1) is 0 Å². The van der Waals surface area contributed by atoms with Gasteiger partial charge in [-0.3, -0.25) is 30.0 Å². The number of benzene rings is 1. The van der Waals surface area contributed by atoms with Crippen LogP contribution in [0.15, 0.2) is 60.0 Å². The Kier molecular flexibility index (Phi) is 4.61. The maximum absolute atomic E-state index is 12.6. The van der Waals surface area contributed by atoms with E-state index in [0.29, 0.717) is 10.5 Å². The van der Waals surface area contributed by atoms with E-state index in [0.717, 1.165) is 33.4 Å². The fourth-order valence-electron chi connectivity index (χ4n) is 2.45. The van der Waals surface area contributed by atoms with Crippen LogP contribution >= 0.6 is 24.0 Å². The summed E-state index contributed by atoms with van der Waals surface area (Å²) >= 11 is 6.36. The number of nitrogens with one attached hydrogen (secondary N) is 1. The van der Waals surface area contributed by atoms with Gasteiger partial charge in [0.25, 0.3) is 11.8 Å². The largest absolute Gasteiger partial charge is 0.285 e. The molecule has 0 aliphatic carbocycles. The number of carbonyl (C=O) groups is 2. The molecule has 27 heavy (non-hydrogen) atoms. The predicted molar refractivity (Wildman–Crippen MR) is 106 cm³/mol. The van der Waals surface area contributed by atoms with Gasteiger partial charge in [0.2, 0.25) is 0 Å². The number of aromatic nitrogens is 3. The zero-order chi connectivity index (χ0) is 18.8. The Labute approximate surface area is 163 Å². The molecule has 1 fully saturated rings. The van der Waals surface area contributed by atoms with Gasteiger partial charge < -0.3 is 0 Å². The van der Waals surface area contributed by atoms with Crippen molar-refractivity contribution >= 4 is 57.2 Å². The lowest BCUT2D eigenvalue weighted by Crippen LogP contribution is -2.44. The molecule has 1 aliphatic heterocycles. The first-order valence-corrected chi connectivity index (χ1v) is 9.04. The smallest absolute Gasteiger partial charge is 0.267 e. The predicted octanol–water partition coefficient (Wildman–Crippen LogP) is 2.57. The molecule has 0 spiro atoms. The van der Waals surface area contributed by atoms with Gasteiger partial charge in [-0.25, -0.2) is 0 Å². The highest BCUT2D eigenvalue weighted by atomic mass is 32.2. The molecule has 0 unspecified atom stereocenters. The normalized spacial score (nSPS) is 15.6. The summed E-state index contributed by atoms with van der Waals surface area (Å²) in [4.78, 5) is 37.7. The summed E-state index contributed by atoms with van der Waals surface area (Å²) in [7, 11) is 0. The summed E-state index contributed by atoms with van der Waals surface area (Å²) in [6.45, 7) is 0. The molecule has 1 aliphatic rings. The lowest BCUT2D eigenvalue weighted by Gasteiger charge is -2.15. The van der Waals surface area contributed by atoms with Crippen LogP contribution in [-0.4, -0.2) is 36.1 Å². The second kappa shape index (κ2) is 7.22. The van der Waals surface area contributed by atoms with Crippen LogP contribution in [0.25, 0.3) is 17.1 Å². The highest BCUT2D eigenvalue weighted by molar-refractivity contribution is 8.26. The number of rotatable bonds is 3. The minimum absolute atomic E-state index is 0.259. The van der Waals surface area contributed by atoms with E-state index in [1.54, 1.807) is 30.6 Å². The number of carbonyl (C=O) groups excluding carboxylic acids is 2. The number of thioether (sulfide) groups is 1. The molecule has 2 aromatic heterocycles. The molecule has 1 saturated heterocycles. The van der Waals surface area contributed by atoms with E-state index >= 15 is 0 Å². The van der Waals surface area contributed by atoms with Gasteiger partial charge in [0, 0.05) is 30.4 Å². The Morgan fingerprint density at radius 3 is 2.59 bits per heavy atom. The summed E-state index contributed by atoms with van der Waals surface area (Å²) in [6.07, 6.45) is 7.95. The van der Waals surface area contributed by atoms with E-state index in [1.807, 2.05) is 18.2 Å². The number of hydrogen-bond acceptors (Lipinski definition) is 7. The maximum Gasteiger partial charge on any atom is 0.285 e. The highest BCUT2D eigenvalue weighted by Crippen LogP contribution is 2.31. The zero-order valence-electron chi connectivity index (χ0n) is 13.7. The molecular formula is C18H11N5O2S2. The summed E-state index contributed by atoms with van der Waals surface area (Å²) in [5.74, 6) is -0.817. The summed E-state index contributed by atoms with van der Waals surface area (Å²) in [6, 6.07) is 8.63. The SMILES string of the molecule is O=C(NN1C(=O)/C(=C/c2ccc3nccnc3c2)SC1=S)c1ccncc1. The fraction of sp³-hybridized carbons (Fsp3) is 0. The number of pyridine rings is 1. The van der Waals surface area contributed by atoms with Crippen LogP contribution in [0.1, 0.15) is 15.9 Å². The average molecular weight is 393 g/mol. The van der Waals surface area contributed by atoms with Crippen molar-refractivity contribution in [2.24, 2.45) is 0 Å². The molecule has 132 valence electrons. The van der Waals surface area contributed by atoms with Crippen LogP contribution in [0, 0.1) is 0 Å². The van der Waals surface area contributed by atoms with Crippen molar-refractivity contribution in [1.82, 2.24) is 25.4 Å². The first-order valence-electron chi connectivity index (χ1n) is 7.81. The third kappa shape index (κ3) is 3.55. The van der Waals surface area contributed by atoms with Crippen molar-refractivity contribution in [2.45, 2.75) is 0 Å². The molecule has 2 amide bonds. The van der Waals surface area contributed by atoms with Crippen LogP contribution in [0.4, 0.5) is 0 Å². The molecule has 1 N–H and O–H groups in total. The number of fused-ring (bicyclic) bond motifs is 1. The molecule has 0 saturated carbocycles. The molecule has 3 aromatic rings. The van der Waals surface area contributed by atoms with Crippen LogP contribution in [0.2, 0.25) is 0 Å². The van der Waals surface area contributed by atoms with Crippen molar-refractivity contribution in [2.75, 3.05) is 0 Å². The molecule has 3 heterocycles. The fourth-order valence-corrected chi connectivity index (χ4v) is 3.63. The molecule has 1 aromatic carbocycles. The Hall–Kier alpha value is -3.17. The number of nitrogens with zero attached hydrogens (tertiary/aromatic N) is 4. The molecular weight excluding hydrogens is 382 g/mol. The van der Waals surface area contributed by atoms with Gasteiger partial charge >= 0.3 is 0 Å². The van der Waals surface area contributed by atoms with Crippen molar-refractivity contribution in [1.29, 1.82) is 0 Å². The van der Waals surface area contributed by atoms with Crippen molar-refractivity contribution in [3.8, 4) is 0 Å². The van der Waals surface area contributed by atoms with Gasteiger partial charge in [0.15, 0.2) is 4.32 Å². The van der Waals surface area contributed by atoms with E-state index in [-0.39, 0.29) is 10.2 Å². The zero-order valence-corrected chi connectivity index (χ0v) is 15.3. The third-order valence-corrected chi connectivity index (χ3v) is 5.04. The van der Waals surface area contributed by atoms with Gasteiger partial charge in [-0.05, 0) is 48.1 Å². The standard InChI is InChI=1S/C18H11N5O2S2/c24-16(12-3-5-19-6-4-12)22-23-17(25)15(27-18(23)26)10-11-1-2-13-14(9-11)21-8-7-20-13/h1-10H,(H,22,24)/b15-10-. The topological polar surface area (TPSA) is 88.1 Å². The van der Waals surface area contributed by atoms with Gasteiger partial charge in [-0.1, -0.05) is 17.8 Å². The number of amides is 2. The lowest BCUT2D eigenvalue weighted by atomic mass is 10.2. The van der Waals surface area contributed by atoms with Gasteiger partial charge in [-0.2, -0.15) is 5.01 Å². The molecule has 0 bridgehead atoms. The molecule has 9 heteroatoms. The molecule has 0 atom stereocenters. The van der Waals surface area contributed by atoms with E-state index in [1.165, 1.54) is 12.4 Å². The van der Waals surface area contributed by atoms with E-state index in [4.69, 9.17) is 12.2 Å². The summed E-state index contributed by atoms with van der Waals surface area (Å²) < 4.78 is 0.259. The second-order valence-corrected chi connectivity index (χ2v) is 7.17. The second-order valence-electron chi connectivity index (χ2n) is 5.50. The summed E-state index contributed by atoms with van der Waals surface area (Å²) in [5, 5.41) is 1.08. The van der Waals surface area contributed by atoms with Crippen molar-refractivity contribution in [3.05, 3.63) is 71.2 Å². The van der Waals surface area contributed by atoms with Crippen LogP contribution in [-0.2, 0) is 4.79 Å². The highest BCUT2D eigenvalue weighted by Gasteiger charge is 2.33. The Morgan fingerprint density at radius 2 is 1.81 bits per heavy atom. The van der Waals surface area contributed by atoms with Crippen molar-refractivity contribution < 1.29 is 9.59 Å². The van der Waals surface area contributed by atoms with Crippen LogP contribution < -0.4 is 5.43 Å². The van der Waals surface area contributed by atoms with Gasteiger partial charge in [0.1, 0.15) is 0 Å². The molecule has 0 radical (unpaired) electrons. The minimum atomic E-state index is -0.434. The van der Waals surface area contributed by atoms with E-state index in [9.17, 15) is 9.59 Å². The Morgan fingerprint density at radius 1 is 1.07 bits per heavy atom. The maximum atomic E-state index is 12.6. The lowest BCUT2D eigenvalue weighted by molar-refractivity contribution is -0.123. The average Bonchev–Trinajstić information content (AvgIpc) is 2.96. The monoisotopic (exact) mass is 393 g/mol. The number of hydrogen-bond donors (Lipinski definition) is 1. The van der Waals surface area contributed by atoms with E-state index < -0.39 is 5.91 Å². The Bertz CT molecular complexity index is 1100. The quantitative estimate of drug-likeness (QED) is 0.540. The van der Waals surface area contributed by atoms with Crippen LogP contribution in [0.3, 0.4) is 0 Å². The third-order valence-electron chi connectivity index (χ3n) is 3.74. The first-order chi connectivity index (χ1) is 13.1. The first kappa shape index (κ1) is 17.3. The minimum Gasteiger partial charge on any atom is -0.267 e. The molecule has 4 rings (SSSR count). The van der Waals surface area contributed by atoms with Crippen molar-refractivity contribution in [3.63, 3.8) is 0 Å². The van der Waals surface area contributed by atoms with Crippen LogP contribution in [0.5, 0.6) is 0 Å². The summed E-state index contributed by atoms with van der Waals surface area (Å²) in [5.41, 5.74) is 5.21. The Balaban J connectivity index is 1.56. The van der Waals surface area contributed by atoms with E-state index in [2.05, 4.69) is 20.4 Å². The van der Waals surface area contributed by atoms with Gasteiger partial charge in [0.05, 0.1) is 15.9 Å². The number of thiocarbonyl (C=S) groups is 1. The molecule has 7 nitrogen and oxygen atoms in total. The number of hydrazine groups is 1.